The van der Waals surface area contributed by atoms with Gasteiger partial charge >= 0.3 is 0 Å². The molecule has 2 amide bonds. The maximum atomic E-state index is 13.2. The molecule has 2 aliphatic heterocycles. The van der Waals surface area contributed by atoms with E-state index in [0.717, 1.165) is 44.7 Å². The number of amides is 2. The van der Waals surface area contributed by atoms with E-state index in [9.17, 15) is 9.59 Å². The smallest absolute Gasteiger partial charge is 0.270 e. The standard InChI is InChI=1S/C19H28N4O2/c1-20-11-9-19(8-7-17(20)24)14-22(13-12-21(19)2)18(25)16-4-3-10-23(16)15-5-6-15/h3-4,10,15H,5-9,11-14H2,1-2H3/t19-/m0/s1. The monoisotopic (exact) mass is 344 g/mol. The zero-order valence-electron chi connectivity index (χ0n) is 15.3. The fraction of sp³-hybridized carbons (Fsp3) is 0.684. The maximum absolute atomic E-state index is 13.2. The number of piperazine rings is 1. The first-order valence-corrected chi connectivity index (χ1v) is 9.41. The van der Waals surface area contributed by atoms with E-state index in [2.05, 4.69) is 16.5 Å². The first-order valence-electron chi connectivity index (χ1n) is 9.41. The quantitative estimate of drug-likeness (QED) is 0.819. The Labute approximate surface area is 149 Å². The van der Waals surface area contributed by atoms with Crippen LogP contribution in [0.1, 0.15) is 48.6 Å². The lowest BCUT2D eigenvalue weighted by atomic mass is 9.86. The lowest BCUT2D eigenvalue weighted by molar-refractivity contribution is -0.129. The molecule has 1 saturated carbocycles. The molecule has 0 radical (unpaired) electrons. The number of aromatic nitrogens is 1. The van der Waals surface area contributed by atoms with E-state index >= 15 is 0 Å². The average molecular weight is 344 g/mol. The van der Waals surface area contributed by atoms with Gasteiger partial charge in [0.05, 0.1) is 0 Å². The molecule has 3 fully saturated rings. The van der Waals surface area contributed by atoms with Crippen molar-refractivity contribution in [2.24, 2.45) is 0 Å². The summed E-state index contributed by atoms with van der Waals surface area (Å²) in [6, 6.07) is 4.45. The molecule has 6 heteroatoms. The summed E-state index contributed by atoms with van der Waals surface area (Å²) < 4.78 is 2.15. The Kier molecular flexibility index (Phi) is 4.10. The Morgan fingerprint density at radius 2 is 1.96 bits per heavy atom. The van der Waals surface area contributed by atoms with Gasteiger partial charge in [-0.2, -0.15) is 0 Å². The highest BCUT2D eigenvalue weighted by atomic mass is 16.2. The van der Waals surface area contributed by atoms with Crippen molar-refractivity contribution in [2.45, 2.75) is 43.7 Å². The fourth-order valence-electron chi connectivity index (χ4n) is 4.34. The molecule has 2 saturated heterocycles. The van der Waals surface area contributed by atoms with Crippen molar-refractivity contribution in [1.82, 2.24) is 19.3 Å². The van der Waals surface area contributed by atoms with Gasteiger partial charge in [-0.05, 0) is 44.9 Å². The lowest BCUT2D eigenvalue weighted by Gasteiger charge is -2.49. The van der Waals surface area contributed by atoms with E-state index < -0.39 is 0 Å². The van der Waals surface area contributed by atoms with Crippen LogP contribution in [0.25, 0.3) is 0 Å². The Morgan fingerprint density at radius 1 is 1.16 bits per heavy atom. The first kappa shape index (κ1) is 16.6. The van der Waals surface area contributed by atoms with Crippen LogP contribution in [0.5, 0.6) is 0 Å². The van der Waals surface area contributed by atoms with Gasteiger partial charge in [0, 0.05) is 57.4 Å². The summed E-state index contributed by atoms with van der Waals surface area (Å²) in [6.07, 6.45) is 6.72. The molecule has 1 aromatic rings. The molecule has 3 heterocycles. The van der Waals surface area contributed by atoms with Gasteiger partial charge in [0.2, 0.25) is 5.91 Å². The molecule has 3 aliphatic rings. The normalized spacial score (nSPS) is 28.5. The van der Waals surface area contributed by atoms with Crippen LogP contribution in [0, 0.1) is 0 Å². The van der Waals surface area contributed by atoms with Crippen molar-refractivity contribution in [3.8, 4) is 0 Å². The van der Waals surface area contributed by atoms with Crippen molar-refractivity contribution < 1.29 is 9.59 Å². The first-order chi connectivity index (χ1) is 12.0. The van der Waals surface area contributed by atoms with Gasteiger partial charge in [0.1, 0.15) is 5.69 Å². The van der Waals surface area contributed by atoms with Crippen LogP contribution in [-0.2, 0) is 4.79 Å². The predicted molar refractivity (Wildman–Crippen MR) is 95.5 cm³/mol. The number of nitrogens with zero attached hydrogens (tertiary/aromatic N) is 4. The van der Waals surface area contributed by atoms with Crippen molar-refractivity contribution in [3.63, 3.8) is 0 Å². The van der Waals surface area contributed by atoms with Gasteiger partial charge < -0.3 is 14.4 Å². The number of likely N-dealkylation sites (tertiary alicyclic amines) is 1. The number of carbonyl (C=O) groups excluding carboxylic acids is 2. The molecule has 136 valence electrons. The lowest BCUT2D eigenvalue weighted by Crippen LogP contribution is -2.62. The SMILES string of the molecule is CN1CC[C@@]2(CCC1=O)CN(C(=O)c1cccn1C1CC1)CCN2C. The molecular weight excluding hydrogens is 316 g/mol. The van der Waals surface area contributed by atoms with E-state index in [0.29, 0.717) is 12.5 Å². The minimum Gasteiger partial charge on any atom is -0.346 e. The van der Waals surface area contributed by atoms with E-state index in [4.69, 9.17) is 0 Å². The Hall–Kier alpha value is -1.82. The second kappa shape index (κ2) is 6.16. The summed E-state index contributed by atoms with van der Waals surface area (Å²) in [5.41, 5.74) is 0.745. The zero-order chi connectivity index (χ0) is 17.6. The van der Waals surface area contributed by atoms with E-state index in [1.54, 1.807) is 0 Å². The van der Waals surface area contributed by atoms with Crippen LogP contribution < -0.4 is 0 Å². The van der Waals surface area contributed by atoms with Crippen LogP contribution in [0.3, 0.4) is 0 Å². The van der Waals surface area contributed by atoms with E-state index in [1.165, 1.54) is 12.8 Å². The van der Waals surface area contributed by atoms with Gasteiger partial charge in [-0.3, -0.25) is 14.5 Å². The summed E-state index contributed by atoms with van der Waals surface area (Å²) in [5, 5.41) is 0. The molecular formula is C19H28N4O2. The molecule has 1 aromatic heterocycles. The Balaban J connectivity index is 1.54. The van der Waals surface area contributed by atoms with Crippen LogP contribution in [0.2, 0.25) is 0 Å². The molecule has 1 spiro atoms. The fourth-order valence-corrected chi connectivity index (χ4v) is 4.34. The molecule has 1 aliphatic carbocycles. The highest BCUT2D eigenvalue weighted by Gasteiger charge is 2.43. The summed E-state index contributed by atoms with van der Waals surface area (Å²) in [5.74, 6) is 0.365. The van der Waals surface area contributed by atoms with Gasteiger partial charge in [0.15, 0.2) is 0 Å². The number of carbonyl (C=O) groups is 2. The Morgan fingerprint density at radius 3 is 2.72 bits per heavy atom. The molecule has 6 nitrogen and oxygen atoms in total. The van der Waals surface area contributed by atoms with Crippen molar-refractivity contribution in [2.75, 3.05) is 40.3 Å². The number of hydrogen-bond acceptors (Lipinski definition) is 3. The average Bonchev–Trinajstić information content (AvgIpc) is 3.37. The second-order valence-corrected chi connectivity index (χ2v) is 7.97. The van der Waals surface area contributed by atoms with E-state index in [-0.39, 0.29) is 17.4 Å². The van der Waals surface area contributed by atoms with Crippen LogP contribution >= 0.6 is 0 Å². The third-order valence-electron chi connectivity index (χ3n) is 6.37. The predicted octanol–water partition coefficient (Wildman–Crippen LogP) is 1.59. The van der Waals surface area contributed by atoms with Crippen molar-refractivity contribution >= 4 is 11.8 Å². The maximum Gasteiger partial charge on any atom is 0.270 e. The second-order valence-electron chi connectivity index (χ2n) is 7.97. The largest absolute Gasteiger partial charge is 0.346 e. The molecule has 1 atom stereocenters. The topological polar surface area (TPSA) is 48.8 Å². The molecule has 0 N–H and O–H groups in total. The number of likely N-dealkylation sites (N-methyl/N-ethyl adjacent to an activating group) is 1. The highest BCUT2D eigenvalue weighted by molar-refractivity contribution is 5.93. The van der Waals surface area contributed by atoms with Crippen molar-refractivity contribution in [1.29, 1.82) is 0 Å². The van der Waals surface area contributed by atoms with Crippen molar-refractivity contribution in [3.05, 3.63) is 24.0 Å². The minimum atomic E-state index is -0.0780. The molecule has 0 bridgehead atoms. The van der Waals surface area contributed by atoms with Crippen LogP contribution in [-0.4, -0.2) is 76.9 Å². The summed E-state index contributed by atoms with van der Waals surface area (Å²) in [7, 11) is 4.03. The van der Waals surface area contributed by atoms with E-state index in [1.807, 2.05) is 35.2 Å². The van der Waals surface area contributed by atoms with Gasteiger partial charge in [-0.25, -0.2) is 0 Å². The number of rotatable bonds is 2. The third-order valence-corrected chi connectivity index (χ3v) is 6.37. The molecule has 0 aromatic carbocycles. The molecule has 25 heavy (non-hydrogen) atoms. The van der Waals surface area contributed by atoms with Gasteiger partial charge in [0.25, 0.3) is 5.91 Å². The zero-order valence-corrected chi connectivity index (χ0v) is 15.3. The highest BCUT2D eigenvalue weighted by Crippen LogP contribution is 2.37. The minimum absolute atomic E-state index is 0.0780. The summed E-state index contributed by atoms with van der Waals surface area (Å²) >= 11 is 0. The number of hydrogen-bond donors (Lipinski definition) is 0. The third kappa shape index (κ3) is 2.97. The Bertz CT molecular complexity index is 681. The summed E-state index contributed by atoms with van der Waals surface area (Å²) in [4.78, 5) is 31.5. The summed E-state index contributed by atoms with van der Waals surface area (Å²) in [6.45, 7) is 3.12. The molecule has 4 rings (SSSR count). The van der Waals surface area contributed by atoms with Gasteiger partial charge in [-0.1, -0.05) is 0 Å². The van der Waals surface area contributed by atoms with Crippen LogP contribution in [0.4, 0.5) is 0 Å². The molecule has 0 unspecified atom stereocenters. The van der Waals surface area contributed by atoms with Gasteiger partial charge in [-0.15, -0.1) is 0 Å². The van der Waals surface area contributed by atoms with Crippen LogP contribution in [0.15, 0.2) is 18.3 Å².